The Labute approximate surface area is 113 Å². The summed E-state index contributed by atoms with van der Waals surface area (Å²) < 4.78 is 13.8. The molecule has 3 aromatic rings. The molecule has 4 heteroatoms. The van der Waals surface area contributed by atoms with Crippen molar-refractivity contribution < 1.29 is 4.39 Å². The van der Waals surface area contributed by atoms with E-state index in [1.807, 2.05) is 12.1 Å². The van der Waals surface area contributed by atoms with Crippen molar-refractivity contribution >= 4 is 27.8 Å². The fourth-order valence-corrected chi connectivity index (χ4v) is 3.02. The maximum atomic E-state index is 13.8. The van der Waals surface area contributed by atoms with Crippen LogP contribution < -0.4 is 5.73 Å². The van der Waals surface area contributed by atoms with Gasteiger partial charge in [-0.1, -0.05) is 30.3 Å². The second kappa shape index (κ2) is 4.38. The lowest BCUT2D eigenvalue weighted by Crippen LogP contribution is -1.83. The zero-order valence-corrected chi connectivity index (χ0v) is 10.7. The van der Waals surface area contributed by atoms with Crippen molar-refractivity contribution in [3.8, 4) is 16.5 Å². The number of benzene rings is 2. The Morgan fingerprint density at radius 2 is 1.84 bits per heavy atom. The van der Waals surface area contributed by atoms with Crippen LogP contribution in [0.5, 0.6) is 0 Å². The van der Waals surface area contributed by atoms with Gasteiger partial charge < -0.3 is 5.73 Å². The number of nitrogen functional groups attached to an aromatic ring is 1. The molecule has 0 unspecified atom stereocenters. The zero-order chi connectivity index (χ0) is 13.4. The molecule has 0 spiro atoms. The highest BCUT2D eigenvalue weighted by Gasteiger charge is 2.12. The summed E-state index contributed by atoms with van der Waals surface area (Å²) in [6.45, 7) is 0. The number of nitrogens with zero attached hydrogens (tertiary/aromatic N) is 1. The third-order valence-electron chi connectivity index (χ3n) is 3.00. The van der Waals surface area contributed by atoms with Crippen molar-refractivity contribution in [2.24, 2.45) is 0 Å². The molecular weight excluding hydrogens is 259 g/mol. The van der Waals surface area contributed by atoms with Gasteiger partial charge in [-0.3, -0.25) is 0 Å². The molecule has 92 valence electrons. The van der Waals surface area contributed by atoms with Gasteiger partial charge in [0.15, 0.2) is 0 Å². The minimum absolute atomic E-state index is 0.246. The maximum Gasteiger partial charge on any atom is 0.131 e. The van der Waals surface area contributed by atoms with Crippen LogP contribution in [0.15, 0.2) is 42.5 Å². The number of hydrogen-bond acceptors (Lipinski definition) is 3. The zero-order valence-electron chi connectivity index (χ0n) is 9.85. The van der Waals surface area contributed by atoms with Crippen molar-refractivity contribution in [1.29, 1.82) is 5.26 Å². The molecule has 0 amide bonds. The molecule has 0 fully saturated rings. The molecular formula is C15H9FN2S. The molecule has 1 aromatic heterocycles. The molecule has 0 bridgehead atoms. The van der Waals surface area contributed by atoms with Crippen LogP contribution in [0.3, 0.4) is 0 Å². The molecule has 0 aliphatic carbocycles. The summed E-state index contributed by atoms with van der Waals surface area (Å²) in [5.41, 5.74) is 7.14. The van der Waals surface area contributed by atoms with Gasteiger partial charge in [0.1, 0.15) is 16.8 Å². The molecule has 0 aliphatic rings. The Kier molecular flexibility index (Phi) is 2.69. The van der Waals surface area contributed by atoms with E-state index in [-0.39, 0.29) is 5.82 Å². The predicted octanol–water partition coefficient (Wildman–Crippen LogP) is 4.16. The van der Waals surface area contributed by atoms with Crippen LogP contribution in [0.25, 0.3) is 21.2 Å². The molecule has 0 atom stereocenters. The Balaban J connectivity index is 2.31. The van der Waals surface area contributed by atoms with E-state index in [2.05, 4.69) is 6.07 Å². The molecule has 2 nitrogen and oxygen atoms in total. The smallest absolute Gasteiger partial charge is 0.131 e. The highest BCUT2D eigenvalue weighted by molar-refractivity contribution is 7.16. The summed E-state index contributed by atoms with van der Waals surface area (Å²) in [5.74, 6) is -0.246. The first kappa shape index (κ1) is 11.7. The predicted molar refractivity (Wildman–Crippen MR) is 76.3 cm³/mol. The van der Waals surface area contributed by atoms with E-state index in [0.717, 1.165) is 15.8 Å². The number of fused-ring (bicyclic) bond motifs is 1. The van der Waals surface area contributed by atoms with Crippen LogP contribution in [0, 0.1) is 17.1 Å². The monoisotopic (exact) mass is 268 g/mol. The van der Waals surface area contributed by atoms with Gasteiger partial charge >= 0.3 is 0 Å². The van der Waals surface area contributed by atoms with Crippen molar-refractivity contribution in [3.05, 3.63) is 53.2 Å². The number of nitriles is 1. The molecule has 0 saturated heterocycles. The largest absolute Gasteiger partial charge is 0.397 e. The Morgan fingerprint density at radius 1 is 1.11 bits per heavy atom. The maximum absolute atomic E-state index is 13.8. The minimum atomic E-state index is -0.246. The summed E-state index contributed by atoms with van der Waals surface area (Å²) in [7, 11) is 0. The molecule has 3 rings (SSSR count). The number of rotatable bonds is 1. The van der Waals surface area contributed by atoms with Gasteiger partial charge in [0.2, 0.25) is 0 Å². The number of hydrogen-bond donors (Lipinski definition) is 1. The number of thiophene rings is 1. The van der Waals surface area contributed by atoms with Gasteiger partial charge in [0, 0.05) is 10.3 Å². The second-order valence-electron chi connectivity index (χ2n) is 4.15. The first-order valence-electron chi connectivity index (χ1n) is 5.67. The fraction of sp³-hybridized carbons (Fsp3) is 0. The molecule has 19 heavy (non-hydrogen) atoms. The first-order chi connectivity index (χ1) is 9.20. The standard InChI is InChI=1S/C15H9FN2S/c16-12-6-5-11(9-3-1-2-4-10(9)12)14-7-13(18)15(8-17)19-14/h1-7H,18H2. The summed E-state index contributed by atoms with van der Waals surface area (Å²) in [4.78, 5) is 1.37. The van der Waals surface area contributed by atoms with Gasteiger partial charge in [-0.15, -0.1) is 11.3 Å². The fourth-order valence-electron chi connectivity index (χ4n) is 2.10. The van der Waals surface area contributed by atoms with Crippen LogP contribution in [-0.2, 0) is 0 Å². The summed E-state index contributed by atoms with van der Waals surface area (Å²) in [5, 5.41) is 10.4. The summed E-state index contributed by atoms with van der Waals surface area (Å²) >= 11 is 1.32. The average molecular weight is 268 g/mol. The van der Waals surface area contributed by atoms with Crippen LogP contribution >= 0.6 is 11.3 Å². The van der Waals surface area contributed by atoms with Crippen LogP contribution in [-0.4, -0.2) is 0 Å². The lowest BCUT2D eigenvalue weighted by Gasteiger charge is -2.05. The number of anilines is 1. The summed E-state index contributed by atoms with van der Waals surface area (Å²) in [6.07, 6.45) is 0. The number of halogens is 1. The first-order valence-corrected chi connectivity index (χ1v) is 6.49. The van der Waals surface area contributed by atoms with Crippen LogP contribution in [0.2, 0.25) is 0 Å². The van der Waals surface area contributed by atoms with Gasteiger partial charge in [-0.05, 0) is 23.1 Å². The van der Waals surface area contributed by atoms with E-state index >= 15 is 0 Å². The van der Waals surface area contributed by atoms with Gasteiger partial charge in [-0.2, -0.15) is 5.26 Å². The normalized spacial score (nSPS) is 10.5. The molecule has 0 radical (unpaired) electrons. The SMILES string of the molecule is N#Cc1sc(-c2ccc(F)c3ccccc23)cc1N. The van der Waals surface area contributed by atoms with E-state index in [4.69, 9.17) is 11.0 Å². The quantitative estimate of drug-likeness (QED) is 0.720. The summed E-state index contributed by atoms with van der Waals surface area (Å²) in [6, 6.07) is 14.3. The molecule has 0 saturated carbocycles. The van der Waals surface area contributed by atoms with E-state index < -0.39 is 0 Å². The second-order valence-corrected chi connectivity index (χ2v) is 5.20. The van der Waals surface area contributed by atoms with E-state index in [9.17, 15) is 4.39 Å². The van der Waals surface area contributed by atoms with Gasteiger partial charge in [0.05, 0.1) is 5.69 Å². The van der Waals surface area contributed by atoms with Crippen molar-refractivity contribution in [2.75, 3.05) is 5.73 Å². The van der Waals surface area contributed by atoms with Crippen molar-refractivity contribution in [2.45, 2.75) is 0 Å². The Morgan fingerprint density at radius 3 is 2.53 bits per heavy atom. The minimum Gasteiger partial charge on any atom is -0.397 e. The lowest BCUT2D eigenvalue weighted by molar-refractivity contribution is 0.640. The van der Waals surface area contributed by atoms with Gasteiger partial charge in [0.25, 0.3) is 0 Å². The molecule has 0 aliphatic heterocycles. The van der Waals surface area contributed by atoms with Gasteiger partial charge in [-0.25, -0.2) is 4.39 Å². The highest BCUT2D eigenvalue weighted by Crippen LogP contribution is 2.37. The molecule has 2 N–H and O–H groups in total. The van der Waals surface area contributed by atoms with Crippen LogP contribution in [0.1, 0.15) is 4.88 Å². The van der Waals surface area contributed by atoms with E-state index in [0.29, 0.717) is 16.0 Å². The molecule has 1 heterocycles. The van der Waals surface area contributed by atoms with E-state index in [1.165, 1.54) is 17.4 Å². The topological polar surface area (TPSA) is 49.8 Å². The Bertz CT molecular complexity index is 815. The third kappa shape index (κ3) is 1.85. The molecule has 2 aromatic carbocycles. The van der Waals surface area contributed by atoms with Crippen molar-refractivity contribution in [3.63, 3.8) is 0 Å². The van der Waals surface area contributed by atoms with Crippen molar-refractivity contribution in [1.82, 2.24) is 0 Å². The third-order valence-corrected chi connectivity index (χ3v) is 4.09. The highest BCUT2D eigenvalue weighted by atomic mass is 32.1. The Hall–Kier alpha value is -2.38. The van der Waals surface area contributed by atoms with E-state index in [1.54, 1.807) is 24.3 Å². The lowest BCUT2D eigenvalue weighted by atomic mass is 10.0. The number of nitrogens with two attached hydrogens (primary N) is 1. The average Bonchev–Trinajstić information content (AvgIpc) is 2.80. The van der Waals surface area contributed by atoms with Crippen LogP contribution in [0.4, 0.5) is 10.1 Å².